The van der Waals surface area contributed by atoms with E-state index in [0.717, 1.165) is 30.6 Å². The van der Waals surface area contributed by atoms with E-state index in [0.29, 0.717) is 6.61 Å². The van der Waals surface area contributed by atoms with Gasteiger partial charge >= 0.3 is 5.97 Å². The number of allylic oxidation sites excluding steroid dienone is 5. The first-order chi connectivity index (χ1) is 13.7. The van der Waals surface area contributed by atoms with E-state index in [1.807, 2.05) is 26.8 Å². The van der Waals surface area contributed by atoms with E-state index >= 15 is 0 Å². The van der Waals surface area contributed by atoms with Crippen LogP contribution in [-0.2, 0) is 19.0 Å². The molecule has 0 aromatic heterocycles. The summed E-state index contributed by atoms with van der Waals surface area (Å²) >= 11 is 0. The van der Waals surface area contributed by atoms with Crippen molar-refractivity contribution in [1.82, 2.24) is 0 Å². The van der Waals surface area contributed by atoms with Crippen LogP contribution >= 0.6 is 0 Å². The van der Waals surface area contributed by atoms with Gasteiger partial charge in [-0.15, -0.1) is 0 Å². The molecule has 0 N–H and O–H groups in total. The summed E-state index contributed by atoms with van der Waals surface area (Å²) in [4.78, 5) is 12.0. The maximum Gasteiger partial charge on any atom is 0.335 e. The molecule has 3 aliphatic rings. The van der Waals surface area contributed by atoms with Gasteiger partial charge in [-0.05, 0) is 77.0 Å². The molecule has 3 rings (SSSR count). The Kier molecular flexibility index (Phi) is 6.23. The second-order valence-electron chi connectivity index (χ2n) is 9.28. The Morgan fingerprint density at radius 2 is 2.03 bits per heavy atom. The lowest BCUT2D eigenvalue weighted by atomic mass is 9.58. The number of hydrogen-bond acceptors (Lipinski definition) is 4. The normalized spacial score (nSPS) is 32.6. The van der Waals surface area contributed by atoms with Gasteiger partial charge in [0.25, 0.3) is 0 Å². The van der Waals surface area contributed by atoms with E-state index in [9.17, 15) is 4.79 Å². The molecular formula is C25H34O4. The van der Waals surface area contributed by atoms with Crippen molar-refractivity contribution >= 4 is 5.97 Å². The number of rotatable bonds is 6. The SMILES string of the molecule is CC(C)=CCC[C@@]1(C)CC=C2CO[C@H]3C=C(C)O[C@@]23[C@@H]1/C=C/OC(=O)C=C(C)C. The summed E-state index contributed by atoms with van der Waals surface area (Å²) < 4.78 is 18.0. The molecule has 0 bridgehead atoms. The van der Waals surface area contributed by atoms with Gasteiger partial charge in [0.1, 0.15) is 6.10 Å². The van der Waals surface area contributed by atoms with Crippen molar-refractivity contribution in [1.29, 1.82) is 0 Å². The van der Waals surface area contributed by atoms with E-state index in [1.165, 1.54) is 17.2 Å². The Labute approximate surface area is 175 Å². The summed E-state index contributed by atoms with van der Waals surface area (Å²) in [7, 11) is 0. The van der Waals surface area contributed by atoms with E-state index in [1.54, 1.807) is 6.26 Å². The second kappa shape index (κ2) is 8.35. The van der Waals surface area contributed by atoms with Gasteiger partial charge in [0, 0.05) is 12.0 Å². The molecule has 4 atom stereocenters. The fraction of sp³-hybridized carbons (Fsp3) is 0.560. The lowest BCUT2D eigenvalue weighted by Crippen LogP contribution is -2.53. The Morgan fingerprint density at radius 3 is 2.72 bits per heavy atom. The van der Waals surface area contributed by atoms with Crippen LogP contribution in [0.4, 0.5) is 0 Å². The minimum absolute atomic E-state index is 0.0285. The van der Waals surface area contributed by atoms with Crippen molar-refractivity contribution in [2.75, 3.05) is 6.61 Å². The molecule has 2 aliphatic heterocycles. The average Bonchev–Trinajstić information content (AvgIpc) is 3.10. The molecule has 4 heteroatoms. The van der Waals surface area contributed by atoms with Crippen LogP contribution < -0.4 is 0 Å². The van der Waals surface area contributed by atoms with Crippen LogP contribution in [0.3, 0.4) is 0 Å². The van der Waals surface area contributed by atoms with E-state index < -0.39 is 5.60 Å². The summed E-state index contributed by atoms with van der Waals surface area (Å²) in [5.41, 5.74) is 2.90. The van der Waals surface area contributed by atoms with Crippen molar-refractivity contribution in [3.8, 4) is 0 Å². The molecule has 158 valence electrons. The number of esters is 1. The lowest BCUT2D eigenvalue weighted by Gasteiger charge is -2.49. The first-order valence-corrected chi connectivity index (χ1v) is 10.5. The highest BCUT2D eigenvalue weighted by molar-refractivity contribution is 5.83. The molecule has 0 saturated carbocycles. The standard InChI is InChI=1S/C25H34O4/c1-17(2)8-7-11-24(6)12-9-20-16-28-22-15-19(5)29-25(20,22)21(24)10-13-27-23(26)14-18(3)4/h8-10,13-15,21-22H,7,11-12,16H2,1-6H3/b13-10+/t21-,22+,24+,25-/m1/s1. The third-order valence-electron chi connectivity index (χ3n) is 6.22. The summed E-state index contributed by atoms with van der Waals surface area (Å²) in [6.45, 7) is 12.9. The summed E-state index contributed by atoms with van der Waals surface area (Å²) in [5, 5.41) is 0. The molecule has 0 unspecified atom stereocenters. The van der Waals surface area contributed by atoms with Gasteiger partial charge in [-0.25, -0.2) is 4.79 Å². The lowest BCUT2D eigenvalue weighted by molar-refractivity contribution is -0.132. The number of hydrogen-bond donors (Lipinski definition) is 0. The van der Waals surface area contributed by atoms with Crippen LogP contribution in [0.1, 0.15) is 60.8 Å². The van der Waals surface area contributed by atoms with Crippen molar-refractivity contribution < 1.29 is 19.0 Å². The van der Waals surface area contributed by atoms with Crippen molar-refractivity contribution in [2.24, 2.45) is 11.3 Å². The monoisotopic (exact) mass is 398 g/mol. The maximum absolute atomic E-state index is 12.0. The molecule has 0 aromatic rings. The Bertz CT molecular complexity index is 805. The average molecular weight is 399 g/mol. The topological polar surface area (TPSA) is 44.8 Å². The molecule has 1 saturated heterocycles. The Hall–Kier alpha value is -2.07. The molecule has 2 heterocycles. The second-order valence-corrected chi connectivity index (χ2v) is 9.28. The zero-order valence-electron chi connectivity index (χ0n) is 18.6. The molecule has 0 aromatic carbocycles. The molecule has 1 fully saturated rings. The van der Waals surface area contributed by atoms with Gasteiger partial charge in [-0.3, -0.25) is 0 Å². The largest absolute Gasteiger partial charge is 0.484 e. The molecule has 4 nitrogen and oxygen atoms in total. The van der Waals surface area contributed by atoms with E-state index in [4.69, 9.17) is 14.2 Å². The number of carbonyl (C=O) groups excluding carboxylic acids is 1. The van der Waals surface area contributed by atoms with Gasteiger partial charge < -0.3 is 14.2 Å². The molecule has 1 spiro atoms. The van der Waals surface area contributed by atoms with Crippen LogP contribution in [0.25, 0.3) is 0 Å². The van der Waals surface area contributed by atoms with Crippen molar-refractivity contribution in [3.05, 3.63) is 59.1 Å². The summed E-state index contributed by atoms with van der Waals surface area (Å²) in [5.74, 6) is 0.591. The first kappa shape index (κ1) is 21.6. The molecule has 0 radical (unpaired) electrons. The molecule has 0 amide bonds. The van der Waals surface area contributed by atoms with Gasteiger partial charge in [0.05, 0.1) is 18.6 Å². The Morgan fingerprint density at radius 1 is 1.28 bits per heavy atom. The minimum atomic E-state index is -0.526. The fourth-order valence-corrected chi connectivity index (χ4v) is 4.85. The predicted octanol–water partition coefficient (Wildman–Crippen LogP) is 5.78. The highest BCUT2D eigenvalue weighted by Crippen LogP contribution is 2.58. The van der Waals surface area contributed by atoms with Crippen LogP contribution in [-0.4, -0.2) is 24.3 Å². The zero-order chi connectivity index (χ0) is 21.2. The Balaban J connectivity index is 1.92. The van der Waals surface area contributed by atoms with E-state index in [2.05, 4.69) is 39.0 Å². The minimum Gasteiger partial charge on any atom is -0.484 e. The number of carbonyl (C=O) groups is 1. The molecule has 29 heavy (non-hydrogen) atoms. The summed E-state index contributed by atoms with van der Waals surface area (Å²) in [6, 6.07) is 0. The van der Waals surface area contributed by atoms with Crippen LogP contribution in [0, 0.1) is 11.3 Å². The molecular weight excluding hydrogens is 364 g/mol. The number of ether oxygens (including phenoxy) is 3. The van der Waals surface area contributed by atoms with Crippen molar-refractivity contribution in [2.45, 2.75) is 72.5 Å². The highest BCUT2D eigenvalue weighted by atomic mass is 16.6. The van der Waals surface area contributed by atoms with Gasteiger partial charge in [-0.2, -0.15) is 0 Å². The van der Waals surface area contributed by atoms with Gasteiger partial charge in [0.2, 0.25) is 0 Å². The smallest absolute Gasteiger partial charge is 0.335 e. The summed E-state index contributed by atoms with van der Waals surface area (Å²) in [6.07, 6.45) is 14.7. The highest BCUT2D eigenvalue weighted by Gasteiger charge is 2.62. The first-order valence-electron chi connectivity index (χ1n) is 10.5. The van der Waals surface area contributed by atoms with Crippen molar-refractivity contribution in [3.63, 3.8) is 0 Å². The third kappa shape index (κ3) is 4.28. The third-order valence-corrected chi connectivity index (χ3v) is 6.22. The van der Waals surface area contributed by atoms with E-state index in [-0.39, 0.29) is 23.4 Å². The van der Waals surface area contributed by atoms with Crippen LogP contribution in [0.5, 0.6) is 0 Å². The predicted molar refractivity (Wildman–Crippen MR) is 115 cm³/mol. The van der Waals surface area contributed by atoms with Crippen LogP contribution in [0.15, 0.2) is 59.1 Å². The quantitative estimate of drug-likeness (QED) is 0.246. The maximum atomic E-state index is 12.0. The van der Waals surface area contributed by atoms with Gasteiger partial charge in [0.15, 0.2) is 5.60 Å². The zero-order valence-corrected chi connectivity index (χ0v) is 18.6. The van der Waals surface area contributed by atoms with Gasteiger partial charge in [-0.1, -0.05) is 30.2 Å². The fourth-order valence-electron chi connectivity index (χ4n) is 4.85. The van der Waals surface area contributed by atoms with Crippen LogP contribution in [0.2, 0.25) is 0 Å². The molecule has 1 aliphatic carbocycles.